The molecule has 0 aromatic heterocycles. The zero-order valence-electron chi connectivity index (χ0n) is 14.7. The highest BCUT2D eigenvalue weighted by Gasteiger charge is 2.18. The highest BCUT2D eigenvalue weighted by Crippen LogP contribution is 2.22. The van der Waals surface area contributed by atoms with Gasteiger partial charge in [-0.15, -0.1) is 0 Å². The van der Waals surface area contributed by atoms with Crippen LogP contribution in [0.2, 0.25) is 0 Å². The number of carbonyl (C=O) groups is 1. The van der Waals surface area contributed by atoms with E-state index < -0.39 is 0 Å². The first-order chi connectivity index (χ1) is 11.0. The van der Waals surface area contributed by atoms with Gasteiger partial charge in [0, 0.05) is 13.1 Å². The molecule has 5 nitrogen and oxygen atoms in total. The summed E-state index contributed by atoms with van der Waals surface area (Å²) >= 11 is 0. The fourth-order valence-electron chi connectivity index (χ4n) is 2.42. The predicted molar refractivity (Wildman–Crippen MR) is 92.1 cm³/mol. The fraction of sp³-hybridized carbons (Fsp3) is 0.611. The number of aliphatic hydroxyl groups is 1. The minimum absolute atomic E-state index is 0.118. The minimum atomic E-state index is -0.250. The number of amides is 1. The van der Waals surface area contributed by atoms with Crippen LogP contribution in [0.5, 0.6) is 0 Å². The molecule has 0 aliphatic rings. The monoisotopic (exact) mass is 322 g/mol. The normalized spacial score (nSPS) is 12.7. The second kappa shape index (κ2) is 10.4. The van der Waals surface area contributed by atoms with Crippen molar-refractivity contribution in [1.82, 2.24) is 10.4 Å². The third-order valence-corrected chi connectivity index (χ3v) is 3.77. The van der Waals surface area contributed by atoms with Crippen LogP contribution in [0, 0.1) is 5.92 Å². The molecule has 1 rings (SSSR count). The molecule has 0 fully saturated rings. The maximum absolute atomic E-state index is 12.3. The molecule has 0 unspecified atom stereocenters. The van der Waals surface area contributed by atoms with Crippen LogP contribution in [0.25, 0.3) is 0 Å². The topological polar surface area (TPSA) is 61.8 Å². The SMILES string of the molecule is CC(C)Cc1ccccc1[C@@H](C)C(=O)NOCCN(C)CCO. The van der Waals surface area contributed by atoms with Crippen LogP contribution >= 0.6 is 0 Å². The van der Waals surface area contributed by atoms with Crippen LogP contribution in [0.15, 0.2) is 24.3 Å². The summed E-state index contributed by atoms with van der Waals surface area (Å²) < 4.78 is 0. The maximum atomic E-state index is 12.3. The number of benzene rings is 1. The molecule has 1 aromatic carbocycles. The van der Waals surface area contributed by atoms with E-state index in [0.717, 1.165) is 12.0 Å². The lowest BCUT2D eigenvalue weighted by atomic mass is 9.90. The first kappa shape index (κ1) is 19.6. The van der Waals surface area contributed by atoms with E-state index >= 15 is 0 Å². The van der Waals surface area contributed by atoms with E-state index in [9.17, 15) is 4.79 Å². The number of hydrogen-bond acceptors (Lipinski definition) is 4. The molecule has 0 aliphatic heterocycles. The van der Waals surface area contributed by atoms with Crippen LogP contribution < -0.4 is 5.48 Å². The lowest BCUT2D eigenvalue weighted by Crippen LogP contribution is -2.33. The Bertz CT molecular complexity index is 477. The van der Waals surface area contributed by atoms with Crippen molar-refractivity contribution in [2.24, 2.45) is 5.92 Å². The van der Waals surface area contributed by atoms with Gasteiger partial charge in [-0.05, 0) is 37.4 Å². The van der Waals surface area contributed by atoms with Gasteiger partial charge in [0.2, 0.25) is 0 Å². The van der Waals surface area contributed by atoms with Crippen molar-refractivity contribution in [2.75, 3.05) is 33.4 Å². The highest BCUT2D eigenvalue weighted by atomic mass is 16.7. The van der Waals surface area contributed by atoms with Gasteiger partial charge in [0.25, 0.3) is 5.91 Å². The van der Waals surface area contributed by atoms with Crippen molar-refractivity contribution in [3.05, 3.63) is 35.4 Å². The molecule has 0 saturated carbocycles. The number of carbonyl (C=O) groups excluding carboxylic acids is 1. The first-order valence-electron chi connectivity index (χ1n) is 8.24. The molecule has 1 aromatic rings. The number of nitrogens with one attached hydrogen (secondary N) is 1. The predicted octanol–water partition coefficient (Wildman–Crippen LogP) is 1.96. The Labute approximate surface area is 139 Å². The Balaban J connectivity index is 2.50. The van der Waals surface area contributed by atoms with Gasteiger partial charge in [0.05, 0.1) is 19.1 Å². The van der Waals surface area contributed by atoms with E-state index in [-0.39, 0.29) is 18.4 Å². The van der Waals surface area contributed by atoms with Gasteiger partial charge in [0.15, 0.2) is 0 Å². The summed E-state index contributed by atoms with van der Waals surface area (Å²) in [5.41, 5.74) is 4.80. The Hall–Kier alpha value is -1.43. The molecule has 2 N–H and O–H groups in total. The highest BCUT2D eigenvalue weighted by molar-refractivity contribution is 5.82. The Morgan fingerprint density at radius 2 is 1.96 bits per heavy atom. The van der Waals surface area contributed by atoms with Crippen LogP contribution in [-0.4, -0.2) is 49.3 Å². The van der Waals surface area contributed by atoms with Crippen molar-refractivity contribution in [3.63, 3.8) is 0 Å². The lowest BCUT2D eigenvalue weighted by molar-refractivity contribution is -0.135. The summed E-state index contributed by atoms with van der Waals surface area (Å²) in [4.78, 5) is 19.5. The van der Waals surface area contributed by atoms with Crippen molar-refractivity contribution in [2.45, 2.75) is 33.1 Å². The van der Waals surface area contributed by atoms with Gasteiger partial charge in [-0.1, -0.05) is 38.1 Å². The molecule has 0 aliphatic carbocycles. The zero-order valence-corrected chi connectivity index (χ0v) is 14.7. The van der Waals surface area contributed by atoms with Crippen LogP contribution in [0.4, 0.5) is 0 Å². The van der Waals surface area contributed by atoms with E-state index in [0.29, 0.717) is 25.6 Å². The van der Waals surface area contributed by atoms with E-state index in [1.807, 2.05) is 37.1 Å². The lowest BCUT2D eigenvalue weighted by Gasteiger charge is -2.18. The number of rotatable bonds is 10. The Morgan fingerprint density at radius 3 is 2.61 bits per heavy atom. The smallest absolute Gasteiger partial charge is 0.250 e. The van der Waals surface area contributed by atoms with Gasteiger partial charge in [-0.2, -0.15) is 0 Å². The van der Waals surface area contributed by atoms with Crippen LogP contribution in [0.3, 0.4) is 0 Å². The van der Waals surface area contributed by atoms with Crippen LogP contribution in [0.1, 0.15) is 37.8 Å². The van der Waals surface area contributed by atoms with E-state index in [1.165, 1.54) is 5.56 Å². The fourth-order valence-corrected chi connectivity index (χ4v) is 2.42. The van der Waals surface area contributed by atoms with E-state index in [4.69, 9.17) is 9.94 Å². The molecule has 0 saturated heterocycles. The third kappa shape index (κ3) is 7.12. The summed E-state index contributed by atoms with van der Waals surface area (Å²) in [6.45, 7) is 8.00. The van der Waals surface area contributed by atoms with Gasteiger partial charge in [0.1, 0.15) is 0 Å². The molecule has 0 spiro atoms. The van der Waals surface area contributed by atoms with Crippen LogP contribution in [-0.2, 0) is 16.1 Å². The molecular formula is C18H30N2O3. The van der Waals surface area contributed by atoms with Crippen molar-refractivity contribution >= 4 is 5.91 Å². The van der Waals surface area contributed by atoms with Gasteiger partial charge in [-0.25, -0.2) is 5.48 Å². The summed E-state index contributed by atoms with van der Waals surface area (Å²) in [6.07, 6.45) is 0.959. The summed E-state index contributed by atoms with van der Waals surface area (Å²) in [5, 5.41) is 8.82. The molecule has 1 atom stereocenters. The second-order valence-electron chi connectivity index (χ2n) is 6.36. The number of hydroxylamine groups is 1. The third-order valence-electron chi connectivity index (χ3n) is 3.77. The summed E-state index contributed by atoms with van der Waals surface area (Å²) in [6, 6.07) is 8.08. The Kier molecular flexibility index (Phi) is 8.84. The maximum Gasteiger partial charge on any atom is 0.250 e. The average Bonchev–Trinajstić information content (AvgIpc) is 2.51. The van der Waals surface area contributed by atoms with E-state index in [1.54, 1.807) is 0 Å². The van der Waals surface area contributed by atoms with Gasteiger partial charge >= 0.3 is 0 Å². The van der Waals surface area contributed by atoms with Crippen molar-refractivity contribution in [1.29, 1.82) is 0 Å². The quantitative estimate of drug-likeness (QED) is 0.511. The zero-order chi connectivity index (χ0) is 17.2. The van der Waals surface area contributed by atoms with Gasteiger partial charge < -0.3 is 10.0 Å². The number of nitrogens with zero attached hydrogens (tertiary/aromatic N) is 1. The van der Waals surface area contributed by atoms with Crippen molar-refractivity contribution < 1.29 is 14.7 Å². The number of hydrogen-bond donors (Lipinski definition) is 2. The molecule has 1 amide bonds. The first-order valence-corrected chi connectivity index (χ1v) is 8.24. The molecule has 23 heavy (non-hydrogen) atoms. The molecule has 0 heterocycles. The molecule has 0 bridgehead atoms. The Morgan fingerprint density at radius 1 is 1.26 bits per heavy atom. The molecule has 5 heteroatoms. The largest absolute Gasteiger partial charge is 0.395 e. The van der Waals surface area contributed by atoms with E-state index in [2.05, 4.69) is 25.4 Å². The van der Waals surface area contributed by atoms with Crippen molar-refractivity contribution in [3.8, 4) is 0 Å². The molecule has 0 radical (unpaired) electrons. The summed E-state index contributed by atoms with van der Waals surface area (Å²) in [7, 11) is 1.90. The number of aliphatic hydroxyl groups excluding tert-OH is 1. The van der Waals surface area contributed by atoms with Gasteiger partial charge in [-0.3, -0.25) is 9.63 Å². The minimum Gasteiger partial charge on any atom is -0.395 e. The average molecular weight is 322 g/mol. The number of likely N-dealkylation sites (N-methyl/N-ethyl adjacent to an activating group) is 1. The molecule has 130 valence electrons. The summed E-state index contributed by atoms with van der Waals surface area (Å²) in [5.74, 6) is 0.163. The standard InChI is InChI=1S/C18H30N2O3/c1-14(2)13-16-7-5-6-8-17(16)15(3)18(22)19-23-12-10-20(4)9-11-21/h5-8,14-15,21H,9-13H2,1-4H3,(H,19,22)/t15-/m1/s1. The second-order valence-corrected chi connectivity index (χ2v) is 6.36. The molecular weight excluding hydrogens is 292 g/mol.